The van der Waals surface area contributed by atoms with Crippen LogP contribution in [0.2, 0.25) is 0 Å². The SMILES string of the molecule is CC(=O)N[C@@H]1[C@H](OC(C)=O)[C@@H](OC(C)=O)[C@@H](O)O[C@@H]1C. The van der Waals surface area contributed by atoms with Gasteiger partial charge in [0.2, 0.25) is 5.91 Å². The molecule has 8 heteroatoms. The van der Waals surface area contributed by atoms with Gasteiger partial charge in [-0.1, -0.05) is 0 Å². The molecule has 1 heterocycles. The van der Waals surface area contributed by atoms with Gasteiger partial charge in [-0.15, -0.1) is 0 Å². The van der Waals surface area contributed by atoms with Crippen molar-refractivity contribution >= 4 is 17.8 Å². The van der Waals surface area contributed by atoms with Crippen LogP contribution < -0.4 is 5.32 Å². The molecule has 5 atom stereocenters. The molecule has 0 aromatic heterocycles. The Kier molecular flexibility index (Phi) is 5.46. The Labute approximate surface area is 116 Å². The monoisotopic (exact) mass is 289 g/mol. The number of carbonyl (C=O) groups excluding carboxylic acids is 3. The standard InChI is InChI=1S/C12H19NO7/c1-5-9(13-6(2)14)10(19-7(3)15)11(12(17)18-5)20-8(4)16/h5,9-12,17H,1-4H3,(H,13,14)/t5-,9+,10+,11-,12+/m1/s1. The first-order chi connectivity index (χ1) is 9.22. The second-order valence-electron chi connectivity index (χ2n) is 4.61. The Hall–Kier alpha value is -1.67. The van der Waals surface area contributed by atoms with Crippen molar-refractivity contribution in [3.63, 3.8) is 0 Å². The summed E-state index contributed by atoms with van der Waals surface area (Å²) in [5.74, 6) is -1.64. The number of carbonyl (C=O) groups is 3. The molecular formula is C12H19NO7. The van der Waals surface area contributed by atoms with Crippen LogP contribution in [0.3, 0.4) is 0 Å². The molecule has 0 aromatic carbocycles. The first kappa shape index (κ1) is 16.4. The second kappa shape index (κ2) is 6.67. The zero-order chi connectivity index (χ0) is 15.4. The van der Waals surface area contributed by atoms with Gasteiger partial charge in [-0.2, -0.15) is 0 Å². The number of ether oxygens (including phenoxy) is 3. The van der Waals surface area contributed by atoms with E-state index in [1.807, 2.05) is 0 Å². The van der Waals surface area contributed by atoms with E-state index in [0.29, 0.717) is 0 Å². The van der Waals surface area contributed by atoms with Crippen LogP contribution in [-0.4, -0.2) is 53.6 Å². The minimum Gasteiger partial charge on any atom is -0.456 e. The lowest BCUT2D eigenvalue weighted by atomic mass is 9.96. The Balaban J connectivity index is 3.01. The van der Waals surface area contributed by atoms with Gasteiger partial charge in [0.15, 0.2) is 18.5 Å². The molecule has 1 aliphatic heterocycles. The molecule has 1 fully saturated rings. The fourth-order valence-corrected chi connectivity index (χ4v) is 2.10. The number of hydrogen-bond donors (Lipinski definition) is 2. The number of nitrogens with one attached hydrogen (secondary N) is 1. The number of hydrogen-bond acceptors (Lipinski definition) is 7. The minimum atomic E-state index is -1.44. The fraction of sp³-hybridized carbons (Fsp3) is 0.750. The quantitative estimate of drug-likeness (QED) is 0.647. The van der Waals surface area contributed by atoms with Gasteiger partial charge in [0.25, 0.3) is 0 Å². The lowest BCUT2D eigenvalue weighted by Gasteiger charge is -2.42. The zero-order valence-corrected chi connectivity index (χ0v) is 11.8. The number of rotatable bonds is 3. The maximum absolute atomic E-state index is 11.2. The summed E-state index contributed by atoms with van der Waals surface area (Å²) in [4.78, 5) is 33.5. The molecule has 0 bridgehead atoms. The molecule has 0 saturated carbocycles. The van der Waals surface area contributed by atoms with Crippen LogP contribution in [0.1, 0.15) is 27.7 Å². The Bertz CT molecular complexity index is 369. The topological polar surface area (TPSA) is 111 Å². The third-order valence-electron chi connectivity index (χ3n) is 2.79. The highest BCUT2D eigenvalue weighted by molar-refractivity contribution is 5.73. The maximum Gasteiger partial charge on any atom is 0.303 e. The molecule has 8 nitrogen and oxygen atoms in total. The van der Waals surface area contributed by atoms with Crippen molar-refractivity contribution in [2.24, 2.45) is 0 Å². The van der Waals surface area contributed by atoms with Crippen molar-refractivity contribution in [1.29, 1.82) is 0 Å². The smallest absolute Gasteiger partial charge is 0.303 e. The van der Waals surface area contributed by atoms with Gasteiger partial charge in [-0.25, -0.2) is 0 Å². The summed E-state index contributed by atoms with van der Waals surface area (Å²) in [7, 11) is 0. The molecule has 2 N–H and O–H groups in total. The molecule has 0 aliphatic carbocycles. The molecule has 0 spiro atoms. The number of aliphatic hydroxyl groups is 1. The van der Waals surface area contributed by atoms with Gasteiger partial charge < -0.3 is 24.6 Å². The molecule has 0 unspecified atom stereocenters. The highest BCUT2D eigenvalue weighted by Gasteiger charge is 2.48. The third kappa shape index (κ3) is 4.17. The van der Waals surface area contributed by atoms with Gasteiger partial charge in [-0.05, 0) is 6.92 Å². The molecule has 1 saturated heterocycles. The van der Waals surface area contributed by atoms with E-state index in [2.05, 4.69) is 5.32 Å². The molecule has 114 valence electrons. The van der Waals surface area contributed by atoms with Gasteiger partial charge in [0, 0.05) is 20.8 Å². The molecule has 1 aliphatic rings. The first-order valence-electron chi connectivity index (χ1n) is 6.17. The van der Waals surface area contributed by atoms with Crippen LogP contribution in [0.25, 0.3) is 0 Å². The summed E-state index contributed by atoms with van der Waals surface area (Å²) in [6.45, 7) is 5.24. The van der Waals surface area contributed by atoms with E-state index < -0.39 is 42.6 Å². The van der Waals surface area contributed by atoms with E-state index in [1.165, 1.54) is 13.8 Å². The Morgan fingerprint density at radius 1 is 1.05 bits per heavy atom. The fourth-order valence-electron chi connectivity index (χ4n) is 2.10. The van der Waals surface area contributed by atoms with E-state index in [1.54, 1.807) is 6.92 Å². The molecule has 1 amide bonds. The Morgan fingerprint density at radius 3 is 2.00 bits per heavy atom. The van der Waals surface area contributed by atoms with Crippen molar-refractivity contribution in [3.05, 3.63) is 0 Å². The second-order valence-corrected chi connectivity index (χ2v) is 4.61. The van der Waals surface area contributed by atoms with Gasteiger partial charge in [-0.3, -0.25) is 14.4 Å². The lowest BCUT2D eigenvalue weighted by Crippen LogP contribution is -2.64. The van der Waals surface area contributed by atoms with Crippen molar-refractivity contribution < 1.29 is 33.7 Å². The Morgan fingerprint density at radius 2 is 1.55 bits per heavy atom. The predicted octanol–water partition coefficient (Wildman–Crippen LogP) is -0.908. The lowest BCUT2D eigenvalue weighted by molar-refractivity contribution is -0.264. The first-order valence-corrected chi connectivity index (χ1v) is 6.17. The highest BCUT2D eigenvalue weighted by Crippen LogP contribution is 2.25. The average Bonchev–Trinajstić information content (AvgIpc) is 2.27. The summed E-state index contributed by atoms with van der Waals surface area (Å²) in [5.41, 5.74) is 0. The molecule has 1 rings (SSSR count). The van der Waals surface area contributed by atoms with Crippen LogP contribution >= 0.6 is 0 Å². The van der Waals surface area contributed by atoms with Crippen molar-refractivity contribution in [3.8, 4) is 0 Å². The normalized spacial score (nSPS) is 33.1. The predicted molar refractivity (Wildman–Crippen MR) is 65.3 cm³/mol. The van der Waals surface area contributed by atoms with Gasteiger partial charge in [0.1, 0.15) is 0 Å². The van der Waals surface area contributed by atoms with Gasteiger partial charge in [0.05, 0.1) is 12.1 Å². The van der Waals surface area contributed by atoms with E-state index in [0.717, 1.165) is 6.92 Å². The van der Waals surface area contributed by atoms with Crippen LogP contribution in [0.4, 0.5) is 0 Å². The van der Waals surface area contributed by atoms with Crippen molar-refractivity contribution in [2.75, 3.05) is 0 Å². The summed E-state index contributed by atoms with van der Waals surface area (Å²) < 4.78 is 15.2. The number of esters is 2. The van der Waals surface area contributed by atoms with E-state index in [9.17, 15) is 19.5 Å². The molecule has 20 heavy (non-hydrogen) atoms. The van der Waals surface area contributed by atoms with Crippen LogP contribution in [0.15, 0.2) is 0 Å². The third-order valence-corrected chi connectivity index (χ3v) is 2.79. The molecular weight excluding hydrogens is 270 g/mol. The summed E-state index contributed by atoms with van der Waals surface area (Å²) in [6, 6.07) is -0.732. The van der Waals surface area contributed by atoms with Crippen LogP contribution in [-0.2, 0) is 28.6 Å². The average molecular weight is 289 g/mol. The largest absolute Gasteiger partial charge is 0.456 e. The van der Waals surface area contributed by atoms with Crippen LogP contribution in [0.5, 0.6) is 0 Å². The molecule has 0 aromatic rings. The highest BCUT2D eigenvalue weighted by atomic mass is 16.7. The summed E-state index contributed by atoms with van der Waals surface area (Å²) in [6.07, 6.45) is -4.29. The van der Waals surface area contributed by atoms with Crippen LogP contribution in [0, 0.1) is 0 Å². The van der Waals surface area contributed by atoms with Gasteiger partial charge >= 0.3 is 11.9 Å². The minimum absolute atomic E-state index is 0.361. The van der Waals surface area contributed by atoms with Crippen molar-refractivity contribution in [1.82, 2.24) is 5.32 Å². The van der Waals surface area contributed by atoms with E-state index in [-0.39, 0.29) is 5.91 Å². The summed E-state index contributed by atoms with van der Waals surface area (Å²) in [5, 5.41) is 12.4. The van der Waals surface area contributed by atoms with E-state index in [4.69, 9.17) is 14.2 Å². The zero-order valence-electron chi connectivity index (χ0n) is 11.8. The van der Waals surface area contributed by atoms with Crippen molar-refractivity contribution in [2.45, 2.75) is 58.3 Å². The molecule has 0 radical (unpaired) electrons. The summed E-state index contributed by atoms with van der Waals surface area (Å²) >= 11 is 0. The van der Waals surface area contributed by atoms with E-state index >= 15 is 0 Å². The maximum atomic E-state index is 11.2. The number of amides is 1. The number of aliphatic hydroxyl groups excluding tert-OH is 1.